The van der Waals surface area contributed by atoms with E-state index in [4.69, 9.17) is 0 Å². The van der Waals surface area contributed by atoms with Gasteiger partial charge in [-0.1, -0.05) is 17.7 Å². The number of aromatic nitrogens is 1. The summed E-state index contributed by atoms with van der Waals surface area (Å²) in [6.07, 6.45) is 2.51. The van der Waals surface area contributed by atoms with Gasteiger partial charge in [0.2, 0.25) is 6.41 Å². The van der Waals surface area contributed by atoms with Crippen molar-refractivity contribution < 1.29 is 13.2 Å². The maximum Gasteiger partial charge on any atom is 0.263 e. The Morgan fingerprint density at radius 2 is 1.81 bits per heavy atom. The second-order valence-corrected chi connectivity index (χ2v) is 8.06. The average molecular weight is 374 g/mol. The van der Waals surface area contributed by atoms with Gasteiger partial charge in [0.1, 0.15) is 5.82 Å². The molecular weight excluding hydrogens is 352 g/mol. The highest BCUT2D eigenvalue weighted by Gasteiger charge is 2.19. The van der Waals surface area contributed by atoms with Crippen LogP contribution in [0.15, 0.2) is 41.4 Å². The number of piperazine rings is 1. The minimum atomic E-state index is -3.68. The molecule has 0 radical (unpaired) electrons. The Morgan fingerprint density at radius 1 is 1.08 bits per heavy atom. The van der Waals surface area contributed by atoms with Gasteiger partial charge in [-0.3, -0.25) is 9.52 Å². The predicted octanol–water partition coefficient (Wildman–Crippen LogP) is 1.78. The normalized spacial score (nSPS) is 15.0. The number of anilines is 2. The van der Waals surface area contributed by atoms with Gasteiger partial charge in [-0.25, -0.2) is 13.4 Å². The van der Waals surface area contributed by atoms with Crippen LogP contribution in [0, 0.1) is 13.8 Å². The molecule has 138 valence electrons. The minimum absolute atomic E-state index is 0.249. The van der Waals surface area contributed by atoms with Gasteiger partial charge in [0.15, 0.2) is 0 Å². The van der Waals surface area contributed by atoms with Crippen LogP contribution in [0.5, 0.6) is 0 Å². The van der Waals surface area contributed by atoms with Crippen LogP contribution in [0.3, 0.4) is 0 Å². The number of carbonyl (C=O) groups is 1. The summed E-state index contributed by atoms with van der Waals surface area (Å²) in [5.74, 6) is 0.278. The molecule has 0 bridgehead atoms. The highest BCUT2D eigenvalue weighted by Crippen LogP contribution is 2.21. The van der Waals surface area contributed by atoms with E-state index in [9.17, 15) is 13.2 Å². The molecule has 8 heteroatoms. The average Bonchev–Trinajstić information content (AvgIpc) is 2.62. The summed E-state index contributed by atoms with van der Waals surface area (Å²) >= 11 is 0. The standard InChI is InChI=1S/C18H22N4O3S/c1-14-3-5-17(15(2)11-14)26(24,25)20-18-6-4-16(12-19-18)22-9-7-21(13-23)8-10-22/h3-6,11-13H,7-10H2,1-2H3,(H,19,20). The smallest absolute Gasteiger partial charge is 0.263 e. The molecule has 2 heterocycles. The molecule has 3 rings (SSSR count). The monoisotopic (exact) mass is 374 g/mol. The van der Waals surface area contributed by atoms with E-state index in [-0.39, 0.29) is 10.7 Å². The summed E-state index contributed by atoms with van der Waals surface area (Å²) < 4.78 is 27.7. The lowest BCUT2D eigenvalue weighted by molar-refractivity contribution is -0.118. The second kappa shape index (κ2) is 7.33. The highest BCUT2D eigenvalue weighted by molar-refractivity contribution is 7.92. The van der Waals surface area contributed by atoms with Crippen LogP contribution in [0.1, 0.15) is 11.1 Å². The van der Waals surface area contributed by atoms with E-state index in [0.29, 0.717) is 18.7 Å². The molecule has 1 aliphatic heterocycles. The number of carbonyl (C=O) groups excluding carboxylic acids is 1. The first kappa shape index (κ1) is 18.2. The van der Waals surface area contributed by atoms with Gasteiger partial charge in [0.05, 0.1) is 16.8 Å². The molecular formula is C18H22N4O3S. The van der Waals surface area contributed by atoms with Gasteiger partial charge >= 0.3 is 0 Å². The van der Waals surface area contributed by atoms with E-state index >= 15 is 0 Å². The predicted molar refractivity (Wildman–Crippen MR) is 101 cm³/mol. The Labute approximate surface area is 153 Å². The summed E-state index contributed by atoms with van der Waals surface area (Å²) in [5.41, 5.74) is 2.62. The number of rotatable bonds is 5. The quantitative estimate of drug-likeness (QED) is 0.807. The summed E-state index contributed by atoms with van der Waals surface area (Å²) in [6.45, 7) is 6.50. The van der Waals surface area contributed by atoms with Gasteiger partial charge < -0.3 is 9.80 Å². The zero-order valence-electron chi connectivity index (χ0n) is 14.8. The lowest BCUT2D eigenvalue weighted by atomic mass is 10.2. The molecule has 0 spiro atoms. The Morgan fingerprint density at radius 3 is 2.38 bits per heavy atom. The first-order valence-electron chi connectivity index (χ1n) is 8.39. The van der Waals surface area contributed by atoms with Crippen molar-refractivity contribution in [2.45, 2.75) is 18.7 Å². The number of nitrogens with one attached hydrogen (secondary N) is 1. The van der Waals surface area contributed by atoms with Crippen molar-refractivity contribution in [3.8, 4) is 0 Å². The van der Waals surface area contributed by atoms with Crippen molar-refractivity contribution in [2.24, 2.45) is 0 Å². The molecule has 1 saturated heterocycles. The summed E-state index contributed by atoms with van der Waals surface area (Å²) in [7, 11) is -3.68. The van der Waals surface area contributed by atoms with Crippen LogP contribution in [0.2, 0.25) is 0 Å². The number of hydrogen-bond donors (Lipinski definition) is 1. The third-order valence-corrected chi connectivity index (χ3v) is 5.95. The van der Waals surface area contributed by atoms with Crippen molar-refractivity contribution in [1.82, 2.24) is 9.88 Å². The fourth-order valence-electron chi connectivity index (χ4n) is 3.01. The fourth-order valence-corrected chi connectivity index (χ4v) is 4.25. The van der Waals surface area contributed by atoms with Gasteiger partial charge in [-0.2, -0.15) is 0 Å². The Balaban J connectivity index is 1.72. The molecule has 1 aromatic carbocycles. The van der Waals surface area contributed by atoms with Crippen LogP contribution in [-0.4, -0.2) is 50.9 Å². The van der Waals surface area contributed by atoms with Gasteiger partial charge in [0, 0.05) is 26.2 Å². The molecule has 0 saturated carbocycles. The number of hydrogen-bond acceptors (Lipinski definition) is 5. The van der Waals surface area contributed by atoms with Crippen molar-refractivity contribution in [1.29, 1.82) is 0 Å². The third kappa shape index (κ3) is 3.96. The highest BCUT2D eigenvalue weighted by atomic mass is 32.2. The molecule has 1 aromatic heterocycles. The lowest BCUT2D eigenvalue weighted by Gasteiger charge is -2.33. The van der Waals surface area contributed by atoms with Crippen molar-refractivity contribution in [3.63, 3.8) is 0 Å². The van der Waals surface area contributed by atoms with Crippen LogP contribution in [0.25, 0.3) is 0 Å². The zero-order valence-corrected chi connectivity index (χ0v) is 15.7. The number of amides is 1. The van der Waals surface area contributed by atoms with Crippen LogP contribution < -0.4 is 9.62 Å². The summed E-state index contributed by atoms with van der Waals surface area (Å²) in [6, 6.07) is 8.71. The topological polar surface area (TPSA) is 82.6 Å². The first-order chi connectivity index (χ1) is 12.4. The van der Waals surface area contributed by atoms with Crippen molar-refractivity contribution >= 4 is 27.9 Å². The number of nitrogens with zero attached hydrogens (tertiary/aromatic N) is 3. The fraction of sp³-hybridized carbons (Fsp3) is 0.333. The van der Waals surface area contributed by atoms with Crippen molar-refractivity contribution in [2.75, 3.05) is 35.8 Å². The number of aryl methyl sites for hydroxylation is 2. The molecule has 1 aliphatic rings. The molecule has 7 nitrogen and oxygen atoms in total. The van der Waals surface area contributed by atoms with Crippen LogP contribution >= 0.6 is 0 Å². The van der Waals surface area contributed by atoms with Crippen LogP contribution in [0.4, 0.5) is 11.5 Å². The molecule has 1 amide bonds. The number of pyridine rings is 1. The van der Waals surface area contributed by atoms with Crippen molar-refractivity contribution in [3.05, 3.63) is 47.7 Å². The molecule has 0 atom stereocenters. The third-order valence-electron chi connectivity index (χ3n) is 4.44. The van der Waals surface area contributed by atoms with Gasteiger partial charge in [-0.15, -0.1) is 0 Å². The Hall–Kier alpha value is -2.61. The maximum atomic E-state index is 12.6. The molecule has 2 aromatic rings. The van der Waals surface area contributed by atoms with Crippen LogP contribution in [-0.2, 0) is 14.8 Å². The van der Waals surface area contributed by atoms with Gasteiger partial charge in [0.25, 0.3) is 10.0 Å². The summed E-state index contributed by atoms with van der Waals surface area (Å²) in [5, 5.41) is 0. The second-order valence-electron chi connectivity index (χ2n) is 6.40. The minimum Gasteiger partial charge on any atom is -0.367 e. The molecule has 26 heavy (non-hydrogen) atoms. The number of benzene rings is 1. The van der Waals surface area contributed by atoms with E-state index < -0.39 is 10.0 Å². The Kier molecular flexibility index (Phi) is 5.13. The molecule has 0 unspecified atom stereocenters. The lowest BCUT2D eigenvalue weighted by Crippen LogP contribution is -2.45. The zero-order chi connectivity index (χ0) is 18.7. The molecule has 0 aliphatic carbocycles. The molecule has 1 fully saturated rings. The molecule has 1 N–H and O–H groups in total. The van der Waals surface area contributed by atoms with E-state index in [1.807, 2.05) is 19.1 Å². The van der Waals surface area contributed by atoms with E-state index in [1.54, 1.807) is 36.2 Å². The van der Waals surface area contributed by atoms with E-state index in [0.717, 1.165) is 30.8 Å². The number of sulfonamides is 1. The Bertz CT molecular complexity index is 889. The van der Waals surface area contributed by atoms with E-state index in [1.165, 1.54) is 0 Å². The van der Waals surface area contributed by atoms with Gasteiger partial charge in [-0.05, 0) is 37.6 Å². The SMILES string of the molecule is Cc1ccc(S(=O)(=O)Nc2ccc(N3CCN(C=O)CC3)cn2)c(C)c1. The summed E-state index contributed by atoms with van der Waals surface area (Å²) in [4.78, 5) is 19.1. The largest absolute Gasteiger partial charge is 0.367 e. The first-order valence-corrected chi connectivity index (χ1v) is 9.88. The van der Waals surface area contributed by atoms with E-state index in [2.05, 4.69) is 14.6 Å². The maximum absolute atomic E-state index is 12.6.